The molecule has 6 heteroatoms. The average molecular weight is 272 g/mol. The topological polar surface area (TPSA) is 26.0 Å². The van der Waals surface area contributed by atoms with Gasteiger partial charge in [-0.3, -0.25) is 0 Å². The van der Waals surface area contributed by atoms with E-state index in [1.165, 1.54) is 0 Å². The predicted molar refractivity (Wildman–Crippen MR) is 47.0 cm³/mol. The molecule has 0 aliphatic rings. The highest BCUT2D eigenvalue weighted by molar-refractivity contribution is 9.10. The standard InChI is InChI=1S/C8H6BrF4N/c9-7-4(3-14)1-5(2-6(7)10)8(11,12)13/h1-2H,3,14H2. The van der Waals surface area contributed by atoms with E-state index in [0.29, 0.717) is 6.07 Å². The van der Waals surface area contributed by atoms with Crippen molar-refractivity contribution in [1.29, 1.82) is 0 Å². The van der Waals surface area contributed by atoms with Crippen molar-refractivity contribution in [2.45, 2.75) is 12.7 Å². The molecule has 1 aromatic carbocycles. The van der Waals surface area contributed by atoms with E-state index in [4.69, 9.17) is 5.73 Å². The summed E-state index contributed by atoms with van der Waals surface area (Å²) in [6, 6.07) is 1.26. The van der Waals surface area contributed by atoms with Crippen LogP contribution < -0.4 is 5.73 Å². The van der Waals surface area contributed by atoms with E-state index >= 15 is 0 Å². The molecule has 2 N–H and O–H groups in total. The summed E-state index contributed by atoms with van der Waals surface area (Å²) in [5.41, 5.74) is 4.23. The molecule has 0 unspecified atom stereocenters. The summed E-state index contributed by atoms with van der Waals surface area (Å²) >= 11 is 2.82. The zero-order chi connectivity index (χ0) is 10.9. The largest absolute Gasteiger partial charge is 0.416 e. The summed E-state index contributed by atoms with van der Waals surface area (Å²) in [5, 5.41) is 0. The van der Waals surface area contributed by atoms with E-state index in [2.05, 4.69) is 15.9 Å². The van der Waals surface area contributed by atoms with E-state index in [0.717, 1.165) is 6.07 Å². The Morgan fingerprint density at radius 3 is 2.29 bits per heavy atom. The molecule has 0 atom stereocenters. The summed E-state index contributed by atoms with van der Waals surface area (Å²) in [6.45, 7) is -0.151. The molecule has 0 aliphatic carbocycles. The van der Waals surface area contributed by atoms with E-state index in [1.54, 1.807) is 0 Å². The van der Waals surface area contributed by atoms with Crippen LogP contribution in [0.25, 0.3) is 0 Å². The van der Waals surface area contributed by atoms with Crippen molar-refractivity contribution in [3.05, 3.63) is 33.5 Å². The van der Waals surface area contributed by atoms with Gasteiger partial charge in [-0.1, -0.05) is 0 Å². The van der Waals surface area contributed by atoms with Gasteiger partial charge in [0.2, 0.25) is 0 Å². The molecular weight excluding hydrogens is 266 g/mol. The fourth-order valence-corrected chi connectivity index (χ4v) is 1.35. The van der Waals surface area contributed by atoms with Crippen molar-refractivity contribution in [1.82, 2.24) is 0 Å². The Labute approximate surface area is 86.0 Å². The fourth-order valence-electron chi connectivity index (χ4n) is 0.958. The SMILES string of the molecule is NCc1cc(C(F)(F)F)cc(F)c1Br. The van der Waals surface area contributed by atoms with Gasteiger partial charge in [0, 0.05) is 6.54 Å². The molecule has 0 saturated carbocycles. The maximum absolute atomic E-state index is 13.0. The summed E-state index contributed by atoms with van der Waals surface area (Å²) in [4.78, 5) is 0. The molecule has 0 aromatic heterocycles. The Hall–Kier alpha value is -0.620. The number of hydrogen-bond acceptors (Lipinski definition) is 1. The first-order valence-corrected chi connectivity index (χ1v) is 4.40. The highest BCUT2D eigenvalue weighted by atomic mass is 79.9. The lowest BCUT2D eigenvalue weighted by molar-refractivity contribution is -0.137. The minimum Gasteiger partial charge on any atom is -0.326 e. The molecule has 0 fully saturated rings. The Morgan fingerprint density at radius 2 is 1.86 bits per heavy atom. The fraction of sp³-hybridized carbons (Fsp3) is 0.250. The molecule has 0 spiro atoms. The number of halogens is 5. The molecule has 1 aromatic rings. The second kappa shape index (κ2) is 3.86. The molecule has 0 saturated heterocycles. The third-order valence-corrected chi connectivity index (χ3v) is 2.54. The van der Waals surface area contributed by atoms with E-state index in [-0.39, 0.29) is 16.6 Å². The van der Waals surface area contributed by atoms with Crippen LogP contribution in [0.2, 0.25) is 0 Å². The van der Waals surface area contributed by atoms with Gasteiger partial charge < -0.3 is 5.73 Å². The third-order valence-electron chi connectivity index (χ3n) is 1.65. The molecule has 0 aliphatic heterocycles. The van der Waals surface area contributed by atoms with E-state index in [9.17, 15) is 17.6 Å². The number of alkyl halides is 3. The molecule has 0 radical (unpaired) electrons. The van der Waals surface area contributed by atoms with Gasteiger partial charge in [0.15, 0.2) is 0 Å². The summed E-state index contributed by atoms with van der Waals surface area (Å²) in [7, 11) is 0. The van der Waals surface area contributed by atoms with Gasteiger partial charge in [-0.15, -0.1) is 0 Å². The van der Waals surface area contributed by atoms with Crippen LogP contribution in [-0.4, -0.2) is 0 Å². The Balaban J connectivity index is 3.30. The first-order valence-electron chi connectivity index (χ1n) is 3.61. The van der Waals surface area contributed by atoms with Crippen molar-refractivity contribution in [3.63, 3.8) is 0 Å². The Morgan fingerprint density at radius 1 is 1.29 bits per heavy atom. The number of hydrogen-bond donors (Lipinski definition) is 1. The third kappa shape index (κ3) is 2.24. The molecule has 0 amide bonds. The summed E-state index contributed by atoms with van der Waals surface area (Å²) < 4.78 is 49.5. The van der Waals surface area contributed by atoms with Crippen LogP contribution >= 0.6 is 15.9 Å². The van der Waals surface area contributed by atoms with Gasteiger partial charge in [0.25, 0.3) is 0 Å². The van der Waals surface area contributed by atoms with Crippen molar-refractivity contribution in [3.8, 4) is 0 Å². The summed E-state index contributed by atoms with van der Waals surface area (Å²) in [5.74, 6) is -0.958. The van der Waals surface area contributed by atoms with Gasteiger partial charge >= 0.3 is 6.18 Å². The van der Waals surface area contributed by atoms with E-state index in [1.807, 2.05) is 0 Å². The smallest absolute Gasteiger partial charge is 0.326 e. The van der Waals surface area contributed by atoms with Crippen LogP contribution in [0, 0.1) is 5.82 Å². The van der Waals surface area contributed by atoms with Gasteiger partial charge in [-0.2, -0.15) is 13.2 Å². The van der Waals surface area contributed by atoms with Gasteiger partial charge in [-0.25, -0.2) is 4.39 Å². The molecular formula is C8H6BrF4N. The Kier molecular flexibility index (Phi) is 3.16. The van der Waals surface area contributed by atoms with Crippen molar-refractivity contribution in [2.24, 2.45) is 5.73 Å². The van der Waals surface area contributed by atoms with Gasteiger partial charge in [0.1, 0.15) is 5.82 Å². The maximum atomic E-state index is 13.0. The summed E-state index contributed by atoms with van der Waals surface area (Å²) in [6.07, 6.45) is -4.55. The second-order valence-corrected chi connectivity index (χ2v) is 3.43. The number of benzene rings is 1. The second-order valence-electron chi connectivity index (χ2n) is 2.63. The van der Waals surface area contributed by atoms with Crippen LogP contribution in [-0.2, 0) is 12.7 Å². The Bertz CT molecular complexity index is 348. The number of nitrogens with two attached hydrogens (primary N) is 1. The van der Waals surface area contributed by atoms with Crippen LogP contribution in [0.1, 0.15) is 11.1 Å². The first-order chi connectivity index (χ1) is 6.36. The van der Waals surface area contributed by atoms with Crippen LogP contribution in [0.5, 0.6) is 0 Å². The van der Waals surface area contributed by atoms with Crippen molar-refractivity contribution in [2.75, 3.05) is 0 Å². The lowest BCUT2D eigenvalue weighted by atomic mass is 10.1. The maximum Gasteiger partial charge on any atom is 0.416 e. The van der Waals surface area contributed by atoms with Crippen LogP contribution in [0.15, 0.2) is 16.6 Å². The predicted octanol–water partition coefficient (Wildman–Crippen LogP) is 3.07. The van der Waals surface area contributed by atoms with Crippen LogP contribution in [0.4, 0.5) is 17.6 Å². The highest BCUT2D eigenvalue weighted by Gasteiger charge is 2.31. The lowest BCUT2D eigenvalue weighted by Crippen LogP contribution is -2.08. The van der Waals surface area contributed by atoms with Gasteiger partial charge in [-0.05, 0) is 33.6 Å². The lowest BCUT2D eigenvalue weighted by Gasteiger charge is -2.10. The normalized spacial score (nSPS) is 11.9. The monoisotopic (exact) mass is 271 g/mol. The molecule has 1 rings (SSSR count). The molecule has 0 bridgehead atoms. The highest BCUT2D eigenvalue weighted by Crippen LogP contribution is 2.33. The first kappa shape index (κ1) is 11.5. The minimum absolute atomic E-state index is 0.0204. The molecule has 1 nitrogen and oxygen atoms in total. The molecule has 14 heavy (non-hydrogen) atoms. The molecule has 0 heterocycles. The average Bonchev–Trinajstić information content (AvgIpc) is 2.07. The van der Waals surface area contributed by atoms with Crippen molar-refractivity contribution < 1.29 is 17.6 Å². The van der Waals surface area contributed by atoms with E-state index < -0.39 is 17.6 Å². The van der Waals surface area contributed by atoms with Gasteiger partial charge in [0.05, 0.1) is 10.0 Å². The quantitative estimate of drug-likeness (QED) is 0.781. The molecule has 78 valence electrons. The minimum atomic E-state index is -4.55. The van der Waals surface area contributed by atoms with Crippen LogP contribution in [0.3, 0.4) is 0 Å². The number of rotatable bonds is 1. The van der Waals surface area contributed by atoms with Crippen molar-refractivity contribution >= 4 is 15.9 Å². The zero-order valence-corrected chi connectivity index (χ0v) is 8.41. The zero-order valence-electron chi connectivity index (χ0n) is 6.83.